The van der Waals surface area contributed by atoms with Crippen molar-refractivity contribution in [3.8, 4) is 17.2 Å². The highest BCUT2D eigenvalue weighted by Gasteiger charge is 2.45. The van der Waals surface area contributed by atoms with Gasteiger partial charge in [-0.05, 0) is 12.1 Å². The molecule has 0 aliphatic carbocycles. The standard InChI is InChI=1S/C23H17Cl3O6P/c1-30-14-11-7-10-13(24)15(14)23(28)33(29)22-20(31-2)17(25)16(18(26)21(22)32-3)19(27)12-8-5-4-6-9-12/h4-11H,1-3H3/q+1. The number of methoxy groups -OCH3 is 3. The smallest absolute Gasteiger partial charge is 0.466 e. The van der Waals surface area contributed by atoms with E-state index in [1.807, 2.05) is 0 Å². The lowest BCUT2D eigenvalue weighted by Crippen LogP contribution is -2.16. The van der Waals surface area contributed by atoms with Crippen LogP contribution >= 0.6 is 42.6 Å². The van der Waals surface area contributed by atoms with E-state index >= 15 is 0 Å². The number of carbonyl (C=O) groups is 2. The van der Waals surface area contributed by atoms with Crippen LogP contribution in [0.3, 0.4) is 0 Å². The van der Waals surface area contributed by atoms with Crippen molar-refractivity contribution in [3.05, 3.63) is 80.3 Å². The van der Waals surface area contributed by atoms with Crippen molar-refractivity contribution in [2.24, 2.45) is 0 Å². The Morgan fingerprint density at radius 1 is 0.758 bits per heavy atom. The van der Waals surface area contributed by atoms with Crippen LogP contribution in [0, 0.1) is 0 Å². The fourth-order valence-electron chi connectivity index (χ4n) is 3.21. The number of halogens is 3. The van der Waals surface area contributed by atoms with Crippen molar-refractivity contribution >= 4 is 59.2 Å². The number of hydrogen-bond acceptors (Lipinski definition) is 6. The molecule has 0 fully saturated rings. The van der Waals surface area contributed by atoms with Crippen LogP contribution in [0.5, 0.6) is 17.2 Å². The van der Waals surface area contributed by atoms with E-state index < -0.39 is 19.1 Å². The van der Waals surface area contributed by atoms with Gasteiger partial charge < -0.3 is 14.2 Å². The Morgan fingerprint density at radius 2 is 1.33 bits per heavy atom. The molecular formula is C23H17Cl3O6P+. The topological polar surface area (TPSA) is 78.9 Å². The van der Waals surface area contributed by atoms with Crippen molar-refractivity contribution in [1.29, 1.82) is 0 Å². The zero-order valence-corrected chi connectivity index (χ0v) is 20.8. The summed E-state index contributed by atoms with van der Waals surface area (Å²) in [6.07, 6.45) is 0. The van der Waals surface area contributed by atoms with Crippen LogP contribution in [0.2, 0.25) is 15.1 Å². The van der Waals surface area contributed by atoms with E-state index in [4.69, 9.17) is 49.0 Å². The number of ketones is 1. The Kier molecular flexibility index (Phi) is 7.98. The third-order valence-corrected chi connectivity index (χ3v) is 7.18. The zero-order chi connectivity index (χ0) is 24.3. The van der Waals surface area contributed by atoms with Crippen LogP contribution < -0.4 is 19.5 Å². The van der Waals surface area contributed by atoms with Crippen molar-refractivity contribution in [3.63, 3.8) is 0 Å². The average molecular weight is 527 g/mol. The molecule has 1 unspecified atom stereocenters. The molecule has 0 aliphatic heterocycles. The summed E-state index contributed by atoms with van der Waals surface area (Å²) in [4.78, 5) is 26.4. The first kappa shape index (κ1) is 25.0. The third kappa shape index (κ3) is 4.57. The number of hydrogen-bond donors (Lipinski definition) is 0. The molecule has 170 valence electrons. The van der Waals surface area contributed by atoms with Crippen molar-refractivity contribution in [2.45, 2.75) is 0 Å². The Bertz CT molecular complexity index is 1230. The maximum Gasteiger partial charge on any atom is 0.466 e. The second-order valence-electron chi connectivity index (χ2n) is 6.53. The highest BCUT2D eigenvalue weighted by Crippen LogP contribution is 2.47. The Balaban J connectivity index is 2.24. The van der Waals surface area contributed by atoms with E-state index in [9.17, 15) is 14.2 Å². The van der Waals surface area contributed by atoms with Gasteiger partial charge in [-0.15, -0.1) is 0 Å². The summed E-state index contributed by atoms with van der Waals surface area (Å²) in [6.45, 7) is 0. The molecule has 10 heteroatoms. The summed E-state index contributed by atoms with van der Waals surface area (Å²) in [5.74, 6) is -0.694. The second-order valence-corrected chi connectivity index (χ2v) is 9.14. The van der Waals surface area contributed by atoms with Crippen molar-refractivity contribution in [2.75, 3.05) is 21.3 Å². The average Bonchev–Trinajstić information content (AvgIpc) is 2.83. The van der Waals surface area contributed by atoms with Crippen molar-refractivity contribution in [1.82, 2.24) is 0 Å². The highest BCUT2D eigenvalue weighted by atomic mass is 35.5. The molecule has 0 amide bonds. The monoisotopic (exact) mass is 525 g/mol. The molecule has 1 atom stereocenters. The van der Waals surface area contributed by atoms with Gasteiger partial charge in [0.15, 0.2) is 17.3 Å². The van der Waals surface area contributed by atoms with Gasteiger partial charge in [-0.2, -0.15) is 0 Å². The summed E-state index contributed by atoms with van der Waals surface area (Å²) in [5.41, 5.74) is -0.713. The van der Waals surface area contributed by atoms with Crippen LogP contribution in [-0.2, 0) is 4.57 Å². The Morgan fingerprint density at radius 3 is 1.85 bits per heavy atom. The first-order valence-electron chi connectivity index (χ1n) is 9.35. The molecule has 3 aromatic carbocycles. The molecule has 0 radical (unpaired) electrons. The van der Waals surface area contributed by atoms with E-state index in [0.717, 1.165) is 0 Å². The van der Waals surface area contributed by atoms with Gasteiger partial charge in [0.05, 0.1) is 31.9 Å². The normalized spacial score (nSPS) is 11.0. The quantitative estimate of drug-likeness (QED) is 0.257. The van der Waals surface area contributed by atoms with E-state index in [-0.39, 0.29) is 48.7 Å². The molecule has 0 heterocycles. The third-order valence-electron chi connectivity index (χ3n) is 4.74. The molecule has 6 nitrogen and oxygen atoms in total. The van der Waals surface area contributed by atoms with Gasteiger partial charge in [0.2, 0.25) is 0 Å². The van der Waals surface area contributed by atoms with Gasteiger partial charge in [0, 0.05) is 5.56 Å². The lowest BCUT2D eigenvalue weighted by atomic mass is 10.0. The van der Waals surface area contributed by atoms with Gasteiger partial charge in [0.25, 0.3) is 5.30 Å². The maximum absolute atomic E-state index is 13.5. The molecule has 0 saturated carbocycles. The summed E-state index contributed by atoms with van der Waals surface area (Å²) < 4.78 is 29.4. The number of carbonyl (C=O) groups excluding carboxylic acids is 2. The number of ether oxygens (including phenoxy) is 3. The van der Waals surface area contributed by atoms with E-state index in [0.29, 0.717) is 5.56 Å². The minimum atomic E-state index is -2.91. The molecule has 33 heavy (non-hydrogen) atoms. The minimum Gasteiger partial charge on any atom is -0.496 e. The van der Waals surface area contributed by atoms with Gasteiger partial charge in [-0.3, -0.25) is 4.79 Å². The van der Waals surface area contributed by atoms with Crippen LogP contribution in [0.1, 0.15) is 26.3 Å². The van der Waals surface area contributed by atoms with E-state index in [1.165, 1.54) is 33.5 Å². The molecule has 0 aromatic heterocycles. The summed E-state index contributed by atoms with van der Waals surface area (Å²) in [5, 5.41) is -0.542. The lowest BCUT2D eigenvalue weighted by molar-refractivity contribution is 0.103. The van der Waals surface area contributed by atoms with E-state index in [2.05, 4.69) is 0 Å². The Labute approximate surface area is 206 Å². The predicted octanol–water partition coefficient (Wildman–Crippen LogP) is 6.20. The molecule has 0 saturated heterocycles. The van der Waals surface area contributed by atoms with Gasteiger partial charge >= 0.3 is 13.3 Å². The van der Waals surface area contributed by atoms with Crippen LogP contribution in [0.15, 0.2) is 48.5 Å². The Hall–Kier alpha value is -2.63. The summed E-state index contributed by atoms with van der Waals surface area (Å²) >= 11 is 19.2. The fourth-order valence-corrected chi connectivity index (χ4v) is 5.82. The lowest BCUT2D eigenvalue weighted by Gasteiger charge is -2.14. The molecule has 3 aromatic rings. The summed E-state index contributed by atoms with van der Waals surface area (Å²) in [7, 11) is 0.974. The summed E-state index contributed by atoms with van der Waals surface area (Å²) in [6, 6.07) is 12.9. The first-order valence-corrected chi connectivity index (χ1v) is 11.7. The molecule has 0 spiro atoms. The number of benzene rings is 3. The highest BCUT2D eigenvalue weighted by molar-refractivity contribution is 7.72. The van der Waals surface area contributed by atoms with Crippen LogP contribution in [-0.4, -0.2) is 32.6 Å². The first-order chi connectivity index (χ1) is 15.8. The zero-order valence-electron chi connectivity index (χ0n) is 17.6. The minimum absolute atomic E-state index is 0.0497. The van der Waals surface area contributed by atoms with Gasteiger partial charge in [-0.1, -0.05) is 75.8 Å². The predicted molar refractivity (Wildman–Crippen MR) is 129 cm³/mol. The molecule has 3 rings (SSSR count). The van der Waals surface area contributed by atoms with Gasteiger partial charge in [-0.25, -0.2) is 4.79 Å². The van der Waals surface area contributed by atoms with Crippen LogP contribution in [0.25, 0.3) is 0 Å². The molecule has 0 N–H and O–H groups in total. The van der Waals surface area contributed by atoms with Crippen LogP contribution in [0.4, 0.5) is 0 Å². The molecule has 0 aliphatic rings. The molecule has 0 bridgehead atoms. The fraction of sp³-hybridized carbons (Fsp3) is 0.130. The van der Waals surface area contributed by atoms with E-state index in [1.54, 1.807) is 36.4 Å². The largest absolute Gasteiger partial charge is 0.496 e. The number of rotatable bonds is 8. The van der Waals surface area contributed by atoms with Crippen molar-refractivity contribution < 1.29 is 28.4 Å². The van der Waals surface area contributed by atoms with Gasteiger partial charge in [0.1, 0.15) is 21.4 Å². The maximum atomic E-state index is 13.5. The molecular weight excluding hydrogens is 510 g/mol. The second kappa shape index (κ2) is 10.5. The SMILES string of the molecule is COc1cccc(Cl)c1C(=O)[P+](=O)c1c(OC)c(Cl)c(C(=O)c2ccccc2)c(Cl)c1OC.